The molecule has 0 radical (unpaired) electrons. The van der Waals surface area contributed by atoms with E-state index in [-0.39, 0.29) is 5.97 Å². The van der Waals surface area contributed by atoms with Crippen LogP contribution < -0.4 is 10.1 Å². The Kier molecular flexibility index (Phi) is 5.19. The van der Waals surface area contributed by atoms with Gasteiger partial charge in [0.2, 0.25) is 5.95 Å². The van der Waals surface area contributed by atoms with Crippen LogP contribution in [-0.2, 0) is 4.74 Å². The summed E-state index contributed by atoms with van der Waals surface area (Å²) in [7, 11) is 1.59. The lowest BCUT2D eigenvalue weighted by atomic mass is 10.2. The van der Waals surface area contributed by atoms with Crippen LogP contribution in [0.25, 0.3) is 11.0 Å². The minimum absolute atomic E-state index is 0.340. The molecule has 4 rings (SSSR count). The Morgan fingerprint density at radius 3 is 2.75 bits per heavy atom. The second kappa shape index (κ2) is 7.92. The molecule has 1 aromatic heterocycles. The van der Waals surface area contributed by atoms with E-state index in [1.165, 1.54) is 12.8 Å². The molecule has 6 nitrogen and oxygen atoms in total. The van der Waals surface area contributed by atoms with Gasteiger partial charge in [-0.3, -0.25) is 0 Å². The van der Waals surface area contributed by atoms with Gasteiger partial charge in [0, 0.05) is 6.04 Å². The molecular weight excluding hydrogens is 354 g/mol. The van der Waals surface area contributed by atoms with Crippen molar-refractivity contribution in [3.8, 4) is 5.75 Å². The van der Waals surface area contributed by atoms with Gasteiger partial charge in [-0.05, 0) is 50.1 Å². The van der Waals surface area contributed by atoms with Gasteiger partial charge in [-0.15, -0.1) is 0 Å². The quantitative estimate of drug-likeness (QED) is 0.605. The van der Waals surface area contributed by atoms with Crippen LogP contribution in [0.15, 0.2) is 42.5 Å². The number of ether oxygens (including phenoxy) is 2. The molecule has 0 unspecified atom stereocenters. The second-order valence-electron chi connectivity index (χ2n) is 6.99. The largest absolute Gasteiger partial charge is 0.495 e. The third-order valence-electron chi connectivity index (χ3n) is 5.24. The van der Waals surface area contributed by atoms with E-state index in [0.717, 1.165) is 35.5 Å². The molecule has 3 aromatic rings. The summed E-state index contributed by atoms with van der Waals surface area (Å²) in [6, 6.07) is 13.9. The van der Waals surface area contributed by atoms with Crippen LogP contribution in [0.3, 0.4) is 0 Å². The van der Waals surface area contributed by atoms with Gasteiger partial charge in [0.15, 0.2) is 0 Å². The van der Waals surface area contributed by atoms with Gasteiger partial charge in [-0.1, -0.05) is 25.0 Å². The Hall–Kier alpha value is -3.02. The molecule has 0 bridgehead atoms. The van der Waals surface area contributed by atoms with E-state index in [9.17, 15) is 4.79 Å². The number of benzene rings is 2. The highest BCUT2D eigenvalue weighted by Crippen LogP contribution is 2.37. The molecule has 1 N–H and O–H groups in total. The number of methoxy groups -OCH3 is 1. The SMILES string of the molecule is CCOC(=O)c1ccc(Nc2nc3ccccc3n2C2CCCC2)c(OC)c1. The van der Waals surface area contributed by atoms with Gasteiger partial charge in [-0.2, -0.15) is 0 Å². The second-order valence-corrected chi connectivity index (χ2v) is 6.99. The number of aromatic nitrogens is 2. The first kappa shape index (κ1) is 18.3. The van der Waals surface area contributed by atoms with Crippen LogP contribution in [0, 0.1) is 0 Å². The maximum Gasteiger partial charge on any atom is 0.338 e. The molecule has 1 fully saturated rings. The van der Waals surface area contributed by atoms with Crippen molar-refractivity contribution < 1.29 is 14.3 Å². The highest BCUT2D eigenvalue weighted by molar-refractivity contribution is 5.91. The maximum absolute atomic E-state index is 12.0. The van der Waals surface area contributed by atoms with E-state index in [1.54, 1.807) is 26.2 Å². The van der Waals surface area contributed by atoms with E-state index in [0.29, 0.717) is 24.0 Å². The van der Waals surface area contributed by atoms with Crippen molar-refractivity contribution in [1.82, 2.24) is 9.55 Å². The summed E-state index contributed by atoms with van der Waals surface area (Å²) < 4.78 is 12.9. The van der Waals surface area contributed by atoms with Crippen molar-refractivity contribution in [2.45, 2.75) is 38.6 Å². The normalized spacial score (nSPS) is 14.4. The van der Waals surface area contributed by atoms with Crippen molar-refractivity contribution in [1.29, 1.82) is 0 Å². The molecule has 0 spiro atoms. The molecule has 1 aliphatic rings. The molecule has 0 amide bonds. The topological polar surface area (TPSA) is 65.4 Å². The third-order valence-corrected chi connectivity index (χ3v) is 5.24. The number of carbonyl (C=O) groups is 1. The summed E-state index contributed by atoms with van der Waals surface area (Å²) in [6.07, 6.45) is 4.81. The first-order valence-electron chi connectivity index (χ1n) is 9.80. The average Bonchev–Trinajstić information content (AvgIpc) is 3.35. The Labute approximate surface area is 164 Å². The molecule has 28 heavy (non-hydrogen) atoms. The van der Waals surface area contributed by atoms with Crippen LogP contribution in [0.4, 0.5) is 11.6 Å². The number of nitrogens with zero attached hydrogens (tertiary/aromatic N) is 2. The summed E-state index contributed by atoms with van der Waals surface area (Å²) >= 11 is 0. The summed E-state index contributed by atoms with van der Waals surface area (Å²) in [5.74, 6) is 1.02. The monoisotopic (exact) mass is 379 g/mol. The molecule has 146 valence electrons. The smallest absolute Gasteiger partial charge is 0.338 e. The lowest BCUT2D eigenvalue weighted by Gasteiger charge is -2.18. The van der Waals surface area contributed by atoms with E-state index < -0.39 is 0 Å². The predicted molar refractivity (Wildman–Crippen MR) is 109 cm³/mol. The van der Waals surface area contributed by atoms with Gasteiger partial charge in [0.1, 0.15) is 5.75 Å². The standard InChI is InChI=1S/C22H25N3O3/c1-3-28-21(26)15-12-13-18(20(14-15)27-2)24-22-23-17-10-6-7-11-19(17)25(22)16-8-4-5-9-16/h6-7,10-14,16H,3-5,8-9H2,1-2H3,(H,23,24). The van der Waals surface area contributed by atoms with E-state index in [4.69, 9.17) is 14.5 Å². The lowest BCUT2D eigenvalue weighted by Crippen LogP contribution is -2.10. The zero-order valence-electron chi connectivity index (χ0n) is 16.3. The fourth-order valence-electron chi connectivity index (χ4n) is 3.92. The summed E-state index contributed by atoms with van der Waals surface area (Å²) in [5.41, 5.74) is 3.34. The number of anilines is 2. The van der Waals surface area contributed by atoms with Crippen molar-refractivity contribution in [3.63, 3.8) is 0 Å². The Bertz CT molecular complexity index is 990. The summed E-state index contributed by atoms with van der Waals surface area (Å²) in [6.45, 7) is 2.13. The number of fused-ring (bicyclic) bond motifs is 1. The van der Waals surface area contributed by atoms with Crippen molar-refractivity contribution in [2.24, 2.45) is 0 Å². The van der Waals surface area contributed by atoms with Gasteiger partial charge >= 0.3 is 5.97 Å². The van der Waals surface area contributed by atoms with Crippen molar-refractivity contribution >= 4 is 28.6 Å². The first-order valence-corrected chi connectivity index (χ1v) is 9.80. The van der Waals surface area contributed by atoms with Gasteiger partial charge in [0.05, 0.1) is 36.0 Å². The highest BCUT2D eigenvalue weighted by Gasteiger charge is 2.23. The van der Waals surface area contributed by atoms with Crippen molar-refractivity contribution in [2.75, 3.05) is 19.0 Å². The van der Waals surface area contributed by atoms with Crippen molar-refractivity contribution in [3.05, 3.63) is 48.0 Å². The number of imidazole rings is 1. The molecule has 1 aliphatic carbocycles. The molecule has 0 saturated heterocycles. The fraction of sp³-hybridized carbons (Fsp3) is 0.364. The Morgan fingerprint density at radius 1 is 1.21 bits per heavy atom. The predicted octanol–water partition coefficient (Wildman–Crippen LogP) is 5.08. The number of nitrogens with one attached hydrogen (secondary N) is 1. The minimum atomic E-state index is -0.356. The molecular formula is C22H25N3O3. The first-order chi connectivity index (χ1) is 13.7. The van der Waals surface area contributed by atoms with Gasteiger partial charge < -0.3 is 19.4 Å². The number of hydrogen-bond acceptors (Lipinski definition) is 5. The number of esters is 1. The Balaban J connectivity index is 1.72. The van der Waals surface area contributed by atoms with Crippen LogP contribution in [-0.4, -0.2) is 29.2 Å². The molecule has 1 saturated carbocycles. The zero-order valence-corrected chi connectivity index (χ0v) is 16.3. The highest BCUT2D eigenvalue weighted by atomic mass is 16.5. The molecule has 6 heteroatoms. The maximum atomic E-state index is 12.0. The molecule has 1 heterocycles. The van der Waals surface area contributed by atoms with Gasteiger partial charge in [0.25, 0.3) is 0 Å². The Morgan fingerprint density at radius 2 is 2.00 bits per heavy atom. The minimum Gasteiger partial charge on any atom is -0.495 e. The van der Waals surface area contributed by atoms with E-state index >= 15 is 0 Å². The van der Waals surface area contributed by atoms with Crippen LogP contribution in [0.2, 0.25) is 0 Å². The van der Waals surface area contributed by atoms with Crippen LogP contribution in [0.5, 0.6) is 5.75 Å². The fourth-order valence-corrected chi connectivity index (χ4v) is 3.92. The molecule has 0 atom stereocenters. The lowest BCUT2D eigenvalue weighted by molar-refractivity contribution is 0.0526. The number of rotatable bonds is 6. The summed E-state index contributed by atoms with van der Waals surface area (Å²) in [4.78, 5) is 16.8. The van der Waals surface area contributed by atoms with Crippen LogP contribution in [0.1, 0.15) is 49.0 Å². The molecule has 2 aromatic carbocycles. The number of para-hydroxylation sites is 2. The number of carbonyl (C=O) groups excluding carboxylic acids is 1. The van der Waals surface area contributed by atoms with Crippen LogP contribution >= 0.6 is 0 Å². The zero-order chi connectivity index (χ0) is 19.5. The third kappa shape index (κ3) is 3.42. The van der Waals surface area contributed by atoms with E-state index in [1.807, 2.05) is 24.3 Å². The number of hydrogen-bond donors (Lipinski definition) is 1. The molecule has 0 aliphatic heterocycles. The average molecular weight is 379 g/mol. The van der Waals surface area contributed by atoms with Gasteiger partial charge in [-0.25, -0.2) is 9.78 Å². The van der Waals surface area contributed by atoms with E-state index in [2.05, 4.69) is 16.0 Å². The summed E-state index contributed by atoms with van der Waals surface area (Å²) in [5, 5.41) is 3.43.